The van der Waals surface area contributed by atoms with E-state index >= 15 is 0 Å². The van der Waals surface area contributed by atoms with Crippen LogP contribution in [0.1, 0.15) is 47.5 Å². The number of carbonyl (C=O) groups excluding carboxylic acids is 1. The van der Waals surface area contributed by atoms with Crippen molar-refractivity contribution in [2.75, 3.05) is 18.0 Å². The number of nitrogens with zero attached hydrogens (tertiary/aromatic N) is 3. The molecule has 8 nitrogen and oxygen atoms in total. The Morgan fingerprint density at radius 3 is 2.52 bits per heavy atom. The number of carbonyl (C=O) groups is 1. The van der Waals surface area contributed by atoms with Gasteiger partial charge in [0.15, 0.2) is 0 Å². The van der Waals surface area contributed by atoms with E-state index in [0.29, 0.717) is 24.4 Å². The Labute approximate surface area is 158 Å². The highest BCUT2D eigenvalue weighted by Gasteiger charge is 2.23. The van der Waals surface area contributed by atoms with Gasteiger partial charge in [0.25, 0.3) is 5.56 Å². The van der Waals surface area contributed by atoms with E-state index < -0.39 is 0 Å². The van der Waals surface area contributed by atoms with E-state index in [-0.39, 0.29) is 17.5 Å². The molecule has 0 atom stereocenters. The molecule has 1 fully saturated rings. The topological polar surface area (TPSA) is 104 Å². The second-order valence-corrected chi connectivity index (χ2v) is 7.23. The lowest BCUT2D eigenvalue weighted by Crippen LogP contribution is -2.45. The Morgan fingerprint density at radius 1 is 1.22 bits per heavy atom. The minimum absolute atomic E-state index is 0.0474. The number of amides is 1. The highest BCUT2D eigenvalue weighted by atomic mass is 16.5. The van der Waals surface area contributed by atoms with Gasteiger partial charge in [-0.15, -0.1) is 0 Å². The summed E-state index contributed by atoms with van der Waals surface area (Å²) in [5, 5.41) is 7.04. The standard InChI is InChI=1S/C19H27N5O3/c1-11-12(2)20-19(22-18(11)26)24-9-7-15(8-10-24)21-17(25)6-5-16-13(3)23-27-14(16)4/h15H,5-10H2,1-4H3,(H,21,25)(H,20,22,26). The zero-order chi connectivity index (χ0) is 19.6. The Kier molecular flexibility index (Phi) is 5.62. The van der Waals surface area contributed by atoms with Gasteiger partial charge in [-0.25, -0.2) is 4.98 Å². The quantitative estimate of drug-likeness (QED) is 0.827. The second kappa shape index (κ2) is 7.94. The molecule has 0 unspecified atom stereocenters. The fourth-order valence-electron chi connectivity index (χ4n) is 3.41. The van der Waals surface area contributed by atoms with Crippen molar-refractivity contribution in [3.63, 3.8) is 0 Å². The number of hydrogen-bond acceptors (Lipinski definition) is 6. The molecule has 3 heterocycles. The van der Waals surface area contributed by atoms with Crippen molar-refractivity contribution >= 4 is 11.9 Å². The fraction of sp³-hybridized carbons (Fsp3) is 0.579. The molecule has 1 amide bonds. The zero-order valence-corrected chi connectivity index (χ0v) is 16.4. The van der Waals surface area contributed by atoms with Crippen LogP contribution in [0.3, 0.4) is 0 Å². The summed E-state index contributed by atoms with van der Waals surface area (Å²) in [6, 6.07) is 0.150. The lowest BCUT2D eigenvalue weighted by Gasteiger charge is -2.32. The van der Waals surface area contributed by atoms with Gasteiger partial charge in [-0.1, -0.05) is 5.16 Å². The number of anilines is 1. The summed E-state index contributed by atoms with van der Waals surface area (Å²) >= 11 is 0. The van der Waals surface area contributed by atoms with Gasteiger partial charge in [-0.05, 0) is 47.0 Å². The number of rotatable bonds is 5. The Morgan fingerprint density at radius 2 is 1.93 bits per heavy atom. The van der Waals surface area contributed by atoms with Crippen molar-refractivity contribution in [3.8, 4) is 0 Å². The fourth-order valence-corrected chi connectivity index (χ4v) is 3.41. The summed E-state index contributed by atoms with van der Waals surface area (Å²) in [7, 11) is 0. The SMILES string of the molecule is Cc1noc(C)c1CCC(=O)NC1CCN(c2nc(C)c(C)c(=O)[nH]2)CC1. The van der Waals surface area contributed by atoms with Gasteiger partial charge in [-0.2, -0.15) is 0 Å². The zero-order valence-electron chi connectivity index (χ0n) is 16.4. The van der Waals surface area contributed by atoms with Gasteiger partial charge in [0.2, 0.25) is 11.9 Å². The number of aromatic nitrogens is 3. The van der Waals surface area contributed by atoms with E-state index in [0.717, 1.165) is 48.6 Å². The molecular weight excluding hydrogens is 346 g/mol. The highest BCUT2D eigenvalue weighted by molar-refractivity contribution is 5.76. The number of H-pyrrole nitrogens is 1. The molecular formula is C19H27N5O3. The van der Waals surface area contributed by atoms with E-state index in [1.807, 2.05) is 20.8 Å². The monoisotopic (exact) mass is 373 g/mol. The number of piperidine rings is 1. The molecule has 0 saturated carbocycles. The third-order valence-corrected chi connectivity index (χ3v) is 5.33. The lowest BCUT2D eigenvalue weighted by molar-refractivity contribution is -0.121. The van der Waals surface area contributed by atoms with Gasteiger partial charge in [0, 0.05) is 42.4 Å². The van der Waals surface area contributed by atoms with Crippen LogP contribution in [0, 0.1) is 27.7 Å². The first-order valence-corrected chi connectivity index (χ1v) is 9.38. The number of nitrogens with one attached hydrogen (secondary N) is 2. The summed E-state index contributed by atoms with van der Waals surface area (Å²) < 4.78 is 5.14. The number of aryl methyl sites for hydroxylation is 3. The third kappa shape index (κ3) is 4.37. The molecule has 0 aliphatic carbocycles. The summed E-state index contributed by atoms with van der Waals surface area (Å²) in [5.41, 5.74) is 3.18. The molecule has 2 N–H and O–H groups in total. The van der Waals surface area contributed by atoms with Gasteiger partial charge in [0.05, 0.1) is 5.69 Å². The van der Waals surface area contributed by atoms with Crippen LogP contribution in [0.2, 0.25) is 0 Å². The molecule has 1 aliphatic rings. The third-order valence-electron chi connectivity index (χ3n) is 5.33. The second-order valence-electron chi connectivity index (χ2n) is 7.23. The van der Waals surface area contributed by atoms with E-state index in [9.17, 15) is 9.59 Å². The van der Waals surface area contributed by atoms with Crippen LogP contribution < -0.4 is 15.8 Å². The predicted molar refractivity (Wildman–Crippen MR) is 102 cm³/mol. The average Bonchev–Trinajstić information content (AvgIpc) is 2.96. The first kappa shape index (κ1) is 19.1. The van der Waals surface area contributed by atoms with Crippen molar-refractivity contribution in [1.82, 2.24) is 20.4 Å². The van der Waals surface area contributed by atoms with Crippen molar-refractivity contribution in [3.05, 3.63) is 38.6 Å². The first-order valence-electron chi connectivity index (χ1n) is 9.38. The first-order chi connectivity index (χ1) is 12.8. The van der Waals surface area contributed by atoms with E-state index in [2.05, 4.69) is 25.3 Å². The molecule has 146 valence electrons. The van der Waals surface area contributed by atoms with Crippen LogP contribution in [-0.2, 0) is 11.2 Å². The van der Waals surface area contributed by atoms with Crippen molar-refractivity contribution in [2.45, 2.75) is 59.4 Å². The molecule has 1 aliphatic heterocycles. The number of aromatic amines is 1. The van der Waals surface area contributed by atoms with E-state index in [1.54, 1.807) is 6.92 Å². The van der Waals surface area contributed by atoms with Crippen molar-refractivity contribution < 1.29 is 9.32 Å². The van der Waals surface area contributed by atoms with Crippen LogP contribution in [0.4, 0.5) is 5.95 Å². The maximum absolute atomic E-state index is 12.3. The van der Waals surface area contributed by atoms with Gasteiger partial charge in [0.1, 0.15) is 5.76 Å². The normalized spacial score (nSPS) is 15.2. The summed E-state index contributed by atoms with van der Waals surface area (Å²) in [6.07, 6.45) is 2.72. The maximum atomic E-state index is 12.3. The summed E-state index contributed by atoms with van der Waals surface area (Å²) in [4.78, 5) is 33.6. The molecule has 1 saturated heterocycles. The van der Waals surface area contributed by atoms with Crippen LogP contribution in [0.15, 0.2) is 9.32 Å². The molecule has 0 spiro atoms. The molecule has 2 aromatic heterocycles. The van der Waals surface area contributed by atoms with Crippen LogP contribution in [-0.4, -0.2) is 40.2 Å². The minimum atomic E-state index is -0.0905. The highest BCUT2D eigenvalue weighted by Crippen LogP contribution is 2.17. The number of hydrogen-bond donors (Lipinski definition) is 2. The molecule has 0 radical (unpaired) electrons. The Hall–Kier alpha value is -2.64. The van der Waals surface area contributed by atoms with Gasteiger partial charge >= 0.3 is 0 Å². The summed E-state index contributed by atoms with van der Waals surface area (Å²) in [6.45, 7) is 8.88. The molecule has 0 aromatic carbocycles. The van der Waals surface area contributed by atoms with Crippen LogP contribution in [0.25, 0.3) is 0 Å². The van der Waals surface area contributed by atoms with Crippen molar-refractivity contribution in [1.29, 1.82) is 0 Å². The van der Waals surface area contributed by atoms with Crippen molar-refractivity contribution in [2.24, 2.45) is 0 Å². The lowest BCUT2D eigenvalue weighted by atomic mass is 10.0. The molecule has 0 bridgehead atoms. The largest absolute Gasteiger partial charge is 0.361 e. The van der Waals surface area contributed by atoms with E-state index in [4.69, 9.17) is 4.52 Å². The van der Waals surface area contributed by atoms with Crippen LogP contribution in [0.5, 0.6) is 0 Å². The van der Waals surface area contributed by atoms with Crippen LogP contribution >= 0.6 is 0 Å². The van der Waals surface area contributed by atoms with Gasteiger partial charge in [-0.3, -0.25) is 14.6 Å². The molecule has 27 heavy (non-hydrogen) atoms. The smallest absolute Gasteiger partial charge is 0.255 e. The molecule has 3 rings (SSSR count). The average molecular weight is 373 g/mol. The van der Waals surface area contributed by atoms with E-state index in [1.165, 1.54) is 0 Å². The maximum Gasteiger partial charge on any atom is 0.255 e. The Bertz CT molecular complexity index is 858. The molecule has 8 heteroatoms. The minimum Gasteiger partial charge on any atom is -0.361 e. The Balaban J connectivity index is 1.49. The molecule has 2 aromatic rings. The van der Waals surface area contributed by atoms with Gasteiger partial charge < -0.3 is 14.7 Å². The predicted octanol–water partition coefficient (Wildman–Crippen LogP) is 1.71. The summed E-state index contributed by atoms with van der Waals surface area (Å²) in [5.74, 6) is 1.45.